The van der Waals surface area contributed by atoms with Gasteiger partial charge in [0.1, 0.15) is 0 Å². The van der Waals surface area contributed by atoms with Crippen molar-refractivity contribution in [3.8, 4) is 0 Å². The summed E-state index contributed by atoms with van der Waals surface area (Å²) in [6, 6.07) is 0. The van der Waals surface area contributed by atoms with Gasteiger partial charge in [0.2, 0.25) is 0 Å². The molecule has 2 heterocycles. The number of ether oxygens (including phenoxy) is 1. The molecule has 0 aliphatic carbocycles. The number of rotatable bonds is 0. The van der Waals surface area contributed by atoms with Crippen LogP contribution >= 0.6 is 0 Å². The largest absolute Gasteiger partial charge is 0.483 e. The van der Waals surface area contributed by atoms with Crippen LogP contribution in [0.5, 0.6) is 0 Å². The predicted octanol–water partition coefficient (Wildman–Crippen LogP) is -0.693. The van der Waals surface area contributed by atoms with Gasteiger partial charge in [0.15, 0.2) is 0 Å². The molecule has 2 aliphatic heterocycles. The molecule has 2 fully saturated rings. The molecule has 4 heteroatoms. The van der Waals surface area contributed by atoms with Gasteiger partial charge in [-0.3, -0.25) is 4.79 Å². The molecule has 0 amide bonds. The summed E-state index contributed by atoms with van der Waals surface area (Å²) in [6.45, 7) is 4.12. The topological polar surface area (TPSA) is 58.6 Å². The van der Waals surface area contributed by atoms with Crippen LogP contribution in [0, 0.1) is 5.41 Å². The summed E-state index contributed by atoms with van der Waals surface area (Å²) in [5, 5.41) is 10.1. The fourth-order valence-electron chi connectivity index (χ4n) is 1.07. The fourth-order valence-corrected chi connectivity index (χ4v) is 1.07. The van der Waals surface area contributed by atoms with E-state index in [0.29, 0.717) is 5.41 Å². The zero-order chi connectivity index (χ0) is 7.45. The Hall–Kier alpha value is -0.610. The maximum atomic E-state index is 8.36. The van der Waals surface area contributed by atoms with E-state index in [0.717, 1.165) is 13.2 Å². The van der Waals surface area contributed by atoms with Gasteiger partial charge in [-0.1, -0.05) is 0 Å². The Morgan fingerprint density at radius 2 is 2.00 bits per heavy atom. The lowest BCUT2D eigenvalue weighted by Gasteiger charge is -2.48. The third kappa shape index (κ3) is 1.27. The molecule has 0 unspecified atom stereocenters. The average molecular weight is 145 g/mol. The molecule has 2 aliphatic rings. The van der Waals surface area contributed by atoms with Crippen LogP contribution in [0.4, 0.5) is 0 Å². The molecule has 2 rings (SSSR count). The Kier molecular flexibility index (Phi) is 2.24. The van der Waals surface area contributed by atoms with Crippen LogP contribution in [0.25, 0.3) is 0 Å². The maximum Gasteiger partial charge on any atom is 0.290 e. The van der Waals surface area contributed by atoms with E-state index < -0.39 is 0 Å². The molecule has 0 radical (unpaired) electrons. The molecule has 0 aromatic carbocycles. The van der Waals surface area contributed by atoms with E-state index in [4.69, 9.17) is 14.6 Å². The summed E-state index contributed by atoms with van der Waals surface area (Å²) in [6.07, 6.45) is 0. The van der Waals surface area contributed by atoms with Gasteiger partial charge in [0.05, 0.1) is 13.2 Å². The van der Waals surface area contributed by atoms with Crippen LogP contribution in [-0.2, 0) is 9.53 Å². The second kappa shape index (κ2) is 2.98. The van der Waals surface area contributed by atoms with E-state index in [9.17, 15) is 0 Å². The number of nitrogens with one attached hydrogen (secondary N) is 1. The van der Waals surface area contributed by atoms with Crippen LogP contribution in [-0.4, -0.2) is 37.9 Å². The molecule has 0 bridgehead atoms. The molecule has 0 saturated carbocycles. The van der Waals surface area contributed by atoms with E-state index in [1.807, 2.05) is 0 Å². The Bertz CT molecular complexity index is 103. The normalized spacial score (nSPS) is 25.2. The van der Waals surface area contributed by atoms with E-state index in [1.54, 1.807) is 0 Å². The second-order valence-electron chi connectivity index (χ2n) is 2.70. The second-order valence-corrected chi connectivity index (χ2v) is 2.70. The van der Waals surface area contributed by atoms with Gasteiger partial charge in [-0.2, -0.15) is 0 Å². The van der Waals surface area contributed by atoms with Crippen LogP contribution in [0.15, 0.2) is 0 Å². The highest BCUT2D eigenvalue weighted by atomic mass is 16.5. The zero-order valence-electron chi connectivity index (χ0n) is 5.67. The SMILES string of the molecule is C1NCC12COC2.O=CO. The number of carbonyl (C=O) groups is 1. The minimum Gasteiger partial charge on any atom is -0.483 e. The average Bonchev–Trinajstić information content (AvgIpc) is 1.57. The maximum absolute atomic E-state index is 8.36. The molecule has 2 saturated heterocycles. The summed E-state index contributed by atoms with van der Waals surface area (Å²) >= 11 is 0. The molecular formula is C6H11NO3. The van der Waals surface area contributed by atoms with Crippen molar-refractivity contribution in [2.75, 3.05) is 26.3 Å². The standard InChI is InChI=1S/C5H9NO.CH2O2/c1-5(2-6-1)3-7-4-5;2-1-3/h6H,1-4H2;1H,(H,2,3). The Balaban J connectivity index is 0.000000148. The van der Waals surface area contributed by atoms with Gasteiger partial charge < -0.3 is 15.2 Å². The molecule has 10 heavy (non-hydrogen) atoms. The molecule has 0 aromatic heterocycles. The van der Waals surface area contributed by atoms with Gasteiger partial charge in [-0.25, -0.2) is 0 Å². The molecule has 1 spiro atoms. The van der Waals surface area contributed by atoms with Crippen molar-refractivity contribution < 1.29 is 14.6 Å². The Morgan fingerprint density at radius 1 is 1.50 bits per heavy atom. The van der Waals surface area contributed by atoms with Crippen molar-refractivity contribution >= 4 is 6.47 Å². The molecule has 58 valence electrons. The summed E-state index contributed by atoms with van der Waals surface area (Å²) < 4.78 is 5.04. The smallest absolute Gasteiger partial charge is 0.290 e. The van der Waals surface area contributed by atoms with Gasteiger partial charge in [0.25, 0.3) is 6.47 Å². The summed E-state index contributed by atoms with van der Waals surface area (Å²) in [7, 11) is 0. The first-order valence-corrected chi connectivity index (χ1v) is 3.19. The van der Waals surface area contributed by atoms with Gasteiger partial charge in [-0.15, -0.1) is 0 Å². The van der Waals surface area contributed by atoms with Gasteiger partial charge in [0, 0.05) is 18.5 Å². The van der Waals surface area contributed by atoms with Gasteiger partial charge in [-0.05, 0) is 0 Å². The van der Waals surface area contributed by atoms with Crippen molar-refractivity contribution in [3.05, 3.63) is 0 Å². The highest BCUT2D eigenvalue weighted by Gasteiger charge is 2.43. The summed E-state index contributed by atoms with van der Waals surface area (Å²) in [5.74, 6) is 0. The van der Waals surface area contributed by atoms with Crippen molar-refractivity contribution in [3.63, 3.8) is 0 Å². The van der Waals surface area contributed by atoms with Crippen molar-refractivity contribution in [1.82, 2.24) is 5.32 Å². The van der Waals surface area contributed by atoms with Crippen LogP contribution < -0.4 is 5.32 Å². The monoisotopic (exact) mass is 145 g/mol. The highest BCUT2D eigenvalue weighted by Crippen LogP contribution is 2.30. The molecule has 0 atom stereocenters. The van der Waals surface area contributed by atoms with Crippen LogP contribution in [0.2, 0.25) is 0 Å². The van der Waals surface area contributed by atoms with Crippen molar-refractivity contribution in [2.45, 2.75) is 0 Å². The third-order valence-electron chi connectivity index (χ3n) is 1.82. The lowest BCUT2D eigenvalue weighted by atomic mass is 9.80. The predicted molar refractivity (Wildman–Crippen MR) is 34.8 cm³/mol. The quantitative estimate of drug-likeness (QED) is 0.443. The minimum atomic E-state index is -0.250. The number of hydrogen-bond donors (Lipinski definition) is 2. The Labute approximate surface area is 59.2 Å². The third-order valence-corrected chi connectivity index (χ3v) is 1.82. The Morgan fingerprint density at radius 3 is 2.00 bits per heavy atom. The van der Waals surface area contributed by atoms with Crippen molar-refractivity contribution in [2.24, 2.45) is 5.41 Å². The molecule has 4 nitrogen and oxygen atoms in total. The van der Waals surface area contributed by atoms with Gasteiger partial charge >= 0.3 is 0 Å². The number of carboxylic acid groups (broad SMARTS) is 1. The lowest BCUT2D eigenvalue weighted by Crippen LogP contribution is -2.64. The molecule has 0 aromatic rings. The highest BCUT2D eigenvalue weighted by molar-refractivity contribution is 5.32. The van der Waals surface area contributed by atoms with E-state index >= 15 is 0 Å². The minimum absolute atomic E-state index is 0.250. The first kappa shape index (κ1) is 7.50. The summed E-state index contributed by atoms with van der Waals surface area (Å²) in [4.78, 5) is 8.36. The fraction of sp³-hybridized carbons (Fsp3) is 0.833. The van der Waals surface area contributed by atoms with Crippen LogP contribution in [0.1, 0.15) is 0 Å². The van der Waals surface area contributed by atoms with E-state index in [1.165, 1.54) is 13.1 Å². The molecular weight excluding hydrogens is 134 g/mol. The zero-order valence-corrected chi connectivity index (χ0v) is 5.67. The molecule has 2 N–H and O–H groups in total. The first-order chi connectivity index (χ1) is 4.83. The lowest BCUT2D eigenvalue weighted by molar-refractivity contribution is -0.139. The first-order valence-electron chi connectivity index (χ1n) is 3.19. The number of hydrogen-bond acceptors (Lipinski definition) is 3. The van der Waals surface area contributed by atoms with E-state index in [2.05, 4.69) is 5.32 Å². The van der Waals surface area contributed by atoms with E-state index in [-0.39, 0.29) is 6.47 Å². The summed E-state index contributed by atoms with van der Waals surface area (Å²) in [5.41, 5.74) is 0.611. The van der Waals surface area contributed by atoms with Crippen LogP contribution in [0.3, 0.4) is 0 Å². The van der Waals surface area contributed by atoms with Crippen molar-refractivity contribution in [1.29, 1.82) is 0 Å².